The fourth-order valence-electron chi connectivity index (χ4n) is 1.58. The Bertz CT molecular complexity index is 660. The van der Waals surface area contributed by atoms with Crippen LogP contribution in [0.4, 0.5) is 20.2 Å². The molecule has 0 aromatic heterocycles. The number of benzene rings is 2. The molecule has 0 aliphatic heterocycles. The molecule has 7 heteroatoms. The highest BCUT2D eigenvalue weighted by Gasteiger charge is 2.08. The minimum absolute atomic E-state index is 0.0817. The van der Waals surface area contributed by atoms with Gasteiger partial charge in [-0.25, -0.2) is 8.78 Å². The van der Waals surface area contributed by atoms with Gasteiger partial charge < -0.3 is 15.8 Å². The lowest BCUT2D eigenvalue weighted by Gasteiger charge is -2.10. The highest BCUT2D eigenvalue weighted by Crippen LogP contribution is 2.23. The number of carbonyl (C=O) groups is 1. The van der Waals surface area contributed by atoms with Crippen molar-refractivity contribution >= 4 is 28.9 Å². The van der Waals surface area contributed by atoms with E-state index in [2.05, 4.69) is 5.32 Å². The molecule has 0 heterocycles. The van der Waals surface area contributed by atoms with Gasteiger partial charge >= 0.3 is 0 Å². The number of nitrogens with one attached hydrogen (secondary N) is 1. The number of nitrogen functional groups attached to an aromatic ring is 1. The van der Waals surface area contributed by atoms with Crippen LogP contribution in [0.25, 0.3) is 0 Å². The molecular weight excluding hydrogens is 302 g/mol. The van der Waals surface area contributed by atoms with Crippen molar-refractivity contribution < 1.29 is 18.3 Å². The van der Waals surface area contributed by atoms with Crippen LogP contribution < -0.4 is 15.8 Å². The summed E-state index contributed by atoms with van der Waals surface area (Å²) in [6.45, 7) is -0.422. The molecule has 3 N–H and O–H groups in total. The van der Waals surface area contributed by atoms with Gasteiger partial charge in [0.05, 0.1) is 11.4 Å². The summed E-state index contributed by atoms with van der Waals surface area (Å²) >= 11 is 5.79. The first-order valence-corrected chi connectivity index (χ1v) is 6.25. The molecule has 0 unspecified atom stereocenters. The van der Waals surface area contributed by atoms with Crippen molar-refractivity contribution in [1.29, 1.82) is 0 Å². The molecule has 0 spiro atoms. The van der Waals surface area contributed by atoms with E-state index in [1.807, 2.05) is 0 Å². The van der Waals surface area contributed by atoms with Gasteiger partial charge in [0, 0.05) is 23.2 Å². The van der Waals surface area contributed by atoms with Gasteiger partial charge in [-0.1, -0.05) is 11.6 Å². The minimum atomic E-state index is -0.788. The predicted octanol–water partition coefficient (Wildman–Crippen LogP) is 3.22. The number of carbonyl (C=O) groups excluding carboxylic acids is 1. The van der Waals surface area contributed by atoms with Crippen LogP contribution in [0, 0.1) is 11.6 Å². The molecule has 2 rings (SSSR count). The van der Waals surface area contributed by atoms with Crippen molar-refractivity contribution in [3.8, 4) is 5.75 Å². The quantitative estimate of drug-likeness (QED) is 0.852. The summed E-state index contributed by atoms with van der Waals surface area (Å²) in [6, 6.07) is 7.27. The molecule has 0 aliphatic rings. The van der Waals surface area contributed by atoms with E-state index in [1.165, 1.54) is 6.07 Å². The first kappa shape index (κ1) is 15.1. The first-order valence-electron chi connectivity index (χ1n) is 5.88. The largest absolute Gasteiger partial charge is 0.484 e. The predicted molar refractivity (Wildman–Crippen MR) is 76.3 cm³/mol. The summed E-state index contributed by atoms with van der Waals surface area (Å²) in [4.78, 5) is 11.7. The van der Waals surface area contributed by atoms with E-state index in [4.69, 9.17) is 22.1 Å². The average Bonchev–Trinajstić information content (AvgIpc) is 2.40. The summed E-state index contributed by atoms with van der Waals surface area (Å²) in [5, 5.41) is 2.90. The van der Waals surface area contributed by atoms with E-state index in [0.717, 1.165) is 12.1 Å². The van der Waals surface area contributed by atoms with Crippen LogP contribution in [0.3, 0.4) is 0 Å². The van der Waals surface area contributed by atoms with E-state index in [0.29, 0.717) is 22.5 Å². The molecule has 0 fully saturated rings. The molecular formula is C14H11ClF2N2O2. The molecule has 0 radical (unpaired) electrons. The third kappa shape index (κ3) is 4.32. The van der Waals surface area contributed by atoms with Crippen molar-refractivity contribution in [2.45, 2.75) is 0 Å². The molecule has 0 saturated heterocycles. The molecule has 0 atom stereocenters. The molecule has 0 bridgehead atoms. The minimum Gasteiger partial charge on any atom is -0.484 e. The number of halogens is 3. The highest BCUT2D eigenvalue weighted by molar-refractivity contribution is 6.31. The normalized spacial score (nSPS) is 10.2. The Morgan fingerprint density at radius 1 is 1.19 bits per heavy atom. The monoisotopic (exact) mass is 312 g/mol. The van der Waals surface area contributed by atoms with Gasteiger partial charge in [0.2, 0.25) is 0 Å². The molecule has 2 aromatic carbocycles. The number of hydrogen-bond acceptors (Lipinski definition) is 3. The van der Waals surface area contributed by atoms with Gasteiger partial charge in [0.25, 0.3) is 5.91 Å². The summed E-state index contributed by atoms with van der Waals surface area (Å²) in [5.74, 6) is -2.19. The fraction of sp³-hybridized carbons (Fsp3) is 0.0714. The van der Waals surface area contributed by atoms with Crippen molar-refractivity contribution in [2.75, 3.05) is 17.7 Å². The Morgan fingerprint density at radius 3 is 2.52 bits per heavy atom. The number of ether oxygens (including phenoxy) is 1. The smallest absolute Gasteiger partial charge is 0.262 e. The van der Waals surface area contributed by atoms with Crippen molar-refractivity contribution in [2.24, 2.45) is 0 Å². The third-order valence-electron chi connectivity index (χ3n) is 2.50. The summed E-state index contributed by atoms with van der Waals surface area (Å²) in [6.07, 6.45) is 0. The van der Waals surface area contributed by atoms with Crippen LogP contribution in [0.2, 0.25) is 5.02 Å². The van der Waals surface area contributed by atoms with E-state index in [1.54, 1.807) is 12.1 Å². The van der Waals surface area contributed by atoms with Crippen LogP contribution in [0.5, 0.6) is 5.75 Å². The SMILES string of the molecule is Nc1ccc(Cl)cc1NC(=O)COc1cc(F)cc(F)c1. The third-order valence-corrected chi connectivity index (χ3v) is 2.73. The second kappa shape index (κ2) is 6.41. The zero-order chi connectivity index (χ0) is 15.4. The number of anilines is 2. The molecule has 0 aliphatic carbocycles. The van der Waals surface area contributed by atoms with Gasteiger partial charge in [0.1, 0.15) is 17.4 Å². The standard InChI is InChI=1S/C14H11ClF2N2O2/c15-8-1-2-12(18)13(3-8)19-14(20)7-21-11-5-9(16)4-10(17)6-11/h1-6H,7,18H2,(H,19,20). The molecule has 1 amide bonds. The molecule has 110 valence electrons. The van der Waals surface area contributed by atoms with Crippen LogP contribution in [0.1, 0.15) is 0 Å². The van der Waals surface area contributed by atoms with Crippen LogP contribution in [0.15, 0.2) is 36.4 Å². The summed E-state index contributed by atoms with van der Waals surface area (Å²) < 4.78 is 30.9. The summed E-state index contributed by atoms with van der Waals surface area (Å²) in [5.41, 5.74) is 6.34. The Morgan fingerprint density at radius 2 is 1.86 bits per heavy atom. The van der Waals surface area contributed by atoms with Gasteiger partial charge in [-0.3, -0.25) is 4.79 Å². The maximum absolute atomic E-state index is 12.9. The van der Waals surface area contributed by atoms with Gasteiger partial charge in [0.15, 0.2) is 6.61 Å². The van der Waals surface area contributed by atoms with Crippen molar-refractivity contribution in [3.05, 3.63) is 53.1 Å². The van der Waals surface area contributed by atoms with Crippen LogP contribution >= 0.6 is 11.6 Å². The van der Waals surface area contributed by atoms with Crippen LogP contribution in [-0.2, 0) is 4.79 Å². The molecule has 4 nitrogen and oxygen atoms in total. The highest BCUT2D eigenvalue weighted by atomic mass is 35.5. The van der Waals surface area contributed by atoms with Gasteiger partial charge in [-0.2, -0.15) is 0 Å². The van der Waals surface area contributed by atoms with Gasteiger partial charge in [-0.05, 0) is 18.2 Å². The zero-order valence-electron chi connectivity index (χ0n) is 10.7. The lowest BCUT2D eigenvalue weighted by atomic mass is 10.2. The maximum Gasteiger partial charge on any atom is 0.262 e. The van der Waals surface area contributed by atoms with Crippen molar-refractivity contribution in [3.63, 3.8) is 0 Å². The Labute approximate surface area is 124 Å². The van der Waals surface area contributed by atoms with E-state index in [9.17, 15) is 13.6 Å². The molecule has 0 saturated carbocycles. The lowest BCUT2D eigenvalue weighted by molar-refractivity contribution is -0.118. The van der Waals surface area contributed by atoms with Crippen molar-refractivity contribution in [1.82, 2.24) is 0 Å². The number of amides is 1. The zero-order valence-corrected chi connectivity index (χ0v) is 11.5. The second-order valence-electron chi connectivity index (χ2n) is 4.17. The average molecular weight is 313 g/mol. The summed E-state index contributed by atoms with van der Waals surface area (Å²) in [7, 11) is 0. The Balaban J connectivity index is 1.97. The molecule has 21 heavy (non-hydrogen) atoms. The topological polar surface area (TPSA) is 64.3 Å². The number of nitrogens with two attached hydrogens (primary N) is 1. The number of hydrogen-bond donors (Lipinski definition) is 2. The van der Waals surface area contributed by atoms with Gasteiger partial charge in [-0.15, -0.1) is 0 Å². The Hall–Kier alpha value is -2.34. The number of rotatable bonds is 4. The van der Waals surface area contributed by atoms with E-state index < -0.39 is 24.1 Å². The van der Waals surface area contributed by atoms with E-state index >= 15 is 0 Å². The molecule has 2 aromatic rings. The first-order chi connectivity index (χ1) is 9.94. The Kier molecular flexibility index (Phi) is 4.59. The maximum atomic E-state index is 12.9. The van der Waals surface area contributed by atoms with Crippen LogP contribution in [-0.4, -0.2) is 12.5 Å². The second-order valence-corrected chi connectivity index (χ2v) is 4.61. The van der Waals surface area contributed by atoms with E-state index in [-0.39, 0.29) is 5.75 Å². The lowest BCUT2D eigenvalue weighted by Crippen LogP contribution is -2.20. The fourth-order valence-corrected chi connectivity index (χ4v) is 1.76.